The Labute approximate surface area is 333 Å². The molecular formula is C5K5N6OV-. The molecule has 0 amide bonds. The summed E-state index contributed by atoms with van der Waals surface area (Å²) in [5.41, 5.74) is 5.75. The molecule has 0 unspecified atom stereocenters. The quantitative estimate of drug-likeness (QED) is 0.287. The van der Waals surface area contributed by atoms with Crippen molar-refractivity contribution in [3.8, 4) is 0 Å². The third kappa shape index (κ3) is 279. The molecule has 13 heteroatoms. The number of rotatable bonds is 0. The molecule has 0 saturated carbocycles. The summed E-state index contributed by atoms with van der Waals surface area (Å²) in [5, 5.41) is 31.2. The molecule has 0 aliphatic rings. The molecule has 7 nitrogen and oxygen atoms in total. The standard InChI is InChI=1S/5CN.5K.NO.V/c5*1-2;;;;;;1-2;/q5*-1;5*+1;-1;. The Morgan fingerprint density at radius 3 is 0.444 bits per heavy atom. The summed E-state index contributed by atoms with van der Waals surface area (Å²) < 4.78 is 0. The van der Waals surface area contributed by atoms with Gasteiger partial charge in [-0.2, -0.15) is 0 Å². The van der Waals surface area contributed by atoms with Crippen molar-refractivity contribution in [3.05, 3.63) is 43.4 Å². The van der Waals surface area contributed by atoms with Crippen LogP contribution in [0.1, 0.15) is 0 Å². The van der Waals surface area contributed by atoms with Crippen LogP contribution in [0.25, 0.3) is 5.59 Å². The summed E-state index contributed by atoms with van der Waals surface area (Å²) in [4.78, 5) is 7.25. The summed E-state index contributed by atoms with van der Waals surface area (Å²) in [5.74, 6) is 0. The maximum absolute atomic E-state index is 7.25. The average molecular weight is 407 g/mol. The van der Waals surface area contributed by atoms with Gasteiger partial charge in [0, 0.05) is 18.6 Å². The smallest absolute Gasteiger partial charge is 0.577 e. The molecule has 0 heterocycles. The van der Waals surface area contributed by atoms with Crippen LogP contribution in [0.15, 0.2) is 0 Å². The number of nitroso groups, excluding NO2 is 1. The largest absolute Gasteiger partial charge is 1.00 e. The fraction of sp³-hybridized carbons (Fsp3) is 0. The van der Waals surface area contributed by atoms with Crippen LogP contribution in [0.5, 0.6) is 0 Å². The van der Waals surface area contributed by atoms with Crippen molar-refractivity contribution in [1.29, 1.82) is 26.3 Å². The van der Waals surface area contributed by atoms with E-state index >= 15 is 0 Å². The summed E-state index contributed by atoms with van der Waals surface area (Å²) in [6.45, 7) is 23.8. The van der Waals surface area contributed by atoms with E-state index in [-0.39, 0.29) is 275 Å². The summed E-state index contributed by atoms with van der Waals surface area (Å²) in [6.07, 6.45) is 0. The second-order valence-electron chi connectivity index (χ2n) is 0. The summed E-state index contributed by atoms with van der Waals surface area (Å²) in [6, 6.07) is 0. The Morgan fingerprint density at radius 1 is 0.444 bits per heavy atom. The minimum absolute atomic E-state index is 0. The van der Waals surface area contributed by atoms with E-state index in [1.807, 2.05) is 0 Å². The second-order valence-corrected chi connectivity index (χ2v) is 0. The second kappa shape index (κ2) is 321. The van der Waals surface area contributed by atoms with Crippen LogP contribution in [0, 0.1) is 64.1 Å². The molecule has 0 spiro atoms. The van der Waals surface area contributed by atoms with E-state index < -0.39 is 0 Å². The molecule has 0 N–H and O–H groups in total. The van der Waals surface area contributed by atoms with E-state index in [1.54, 1.807) is 0 Å². The van der Waals surface area contributed by atoms with Gasteiger partial charge < -0.3 is 69.7 Å². The topological polar surface area (TPSA) is 158 Å². The predicted octanol–water partition coefficient (Wildman–Crippen LogP) is -14.2. The van der Waals surface area contributed by atoms with E-state index in [1.165, 1.54) is 0 Å². The van der Waals surface area contributed by atoms with Crippen molar-refractivity contribution >= 4 is 0 Å². The zero-order chi connectivity index (χ0) is 12.0. The molecule has 0 saturated heterocycles. The van der Waals surface area contributed by atoms with Gasteiger partial charge in [0.05, 0.1) is 0 Å². The van der Waals surface area contributed by atoms with Crippen LogP contribution in [0.3, 0.4) is 0 Å². The van der Waals surface area contributed by atoms with E-state index in [0.717, 1.165) is 0 Å². The molecular weight excluding hydrogens is 407 g/mol. The zero-order valence-corrected chi connectivity index (χ0v) is 28.1. The van der Waals surface area contributed by atoms with Gasteiger partial charge in [0.15, 0.2) is 0 Å². The molecule has 0 rings (SSSR count). The van der Waals surface area contributed by atoms with Gasteiger partial charge in [0.1, 0.15) is 0 Å². The molecule has 0 fully saturated rings. The first kappa shape index (κ1) is 88.8. The molecule has 18 heavy (non-hydrogen) atoms. The summed E-state index contributed by atoms with van der Waals surface area (Å²) >= 11 is 0. The van der Waals surface area contributed by atoms with Gasteiger partial charge in [-0.15, -0.1) is 0 Å². The van der Waals surface area contributed by atoms with Gasteiger partial charge in [0.2, 0.25) is 0 Å². The number of hydrogen-bond acceptors (Lipinski definition) is 6. The van der Waals surface area contributed by atoms with E-state index in [4.69, 9.17) is 69.7 Å². The first-order chi connectivity index (χ1) is 6.00. The van der Waals surface area contributed by atoms with Crippen molar-refractivity contribution in [2.75, 3.05) is 0 Å². The molecule has 0 aliphatic heterocycles. The molecule has 0 atom stereocenters. The SMILES string of the molecule is [C-]#N.[C-]#N.[C-]#N.[C-]#N.[C-]#N.[K+].[K+].[K+].[K+].[K+].[N-]=O.[V]. The normalized spacial score (nSPS) is 0.778. The molecule has 67 valence electrons. The average Bonchev–Trinajstić information content (AvgIpc) is 2.33. The van der Waals surface area contributed by atoms with Gasteiger partial charge in [-0.25, -0.2) is 0 Å². The Bertz CT molecular complexity index is 106. The van der Waals surface area contributed by atoms with Crippen LogP contribution >= 0.6 is 0 Å². The predicted molar refractivity (Wildman–Crippen MR) is 31.6 cm³/mol. The Kier molecular flexibility index (Phi) is 1580. The zero-order valence-electron chi connectivity index (χ0n) is 11.0. The van der Waals surface area contributed by atoms with E-state index in [9.17, 15) is 0 Å². The minimum atomic E-state index is 0. The van der Waals surface area contributed by atoms with Crippen molar-refractivity contribution < 1.29 is 275 Å². The first-order valence-corrected chi connectivity index (χ1v) is 1.30. The van der Waals surface area contributed by atoms with Crippen LogP contribution in [-0.2, 0) is 18.6 Å². The molecule has 0 aliphatic carbocycles. The Hall–Kier alpha value is 5.82. The molecule has 1 radical (unpaired) electrons. The monoisotopic (exact) mass is 406 g/mol. The van der Waals surface area contributed by atoms with Gasteiger partial charge >= 0.3 is 257 Å². The van der Waals surface area contributed by atoms with Gasteiger partial charge in [-0.05, 0) is 0 Å². The van der Waals surface area contributed by atoms with Crippen LogP contribution in [-0.4, -0.2) is 0 Å². The molecule has 0 aromatic heterocycles. The van der Waals surface area contributed by atoms with E-state index in [2.05, 4.69) is 0 Å². The van der Waals surface area contributed by atoms with Crippen LogP contribution < -0.4 is 257 Å². The van der Waals surface area contributed by atoms with Gasteiger partial charge in [0.25, 0.3) is 0 Å². The Balaban J connectivity index is -0.00000000225. The van der Waals surface area contributed by atoms with Crippen LogP contribution in [0.2, 0.25) is 0 Å². The number of hydrogen-bond donors (Lipinski definition) is 0. The van der Waals surface area contributed by atoms with Crippen molar-refractivity contribution in [2.45, 2.75) is 0 Å². The number of nitrogens with zero attached hydrogens (tertiary/aromatic N) is 6. The van der Waals surface area contributed by atoms with Gasteiger partial charge in [-0.1, -0.05) is 0 Å². The minimum Gasteiger partial charge on any atom is -0.577 e. The maximum atomic E-state index is 7.25. The Morgan fingerprint density at radius 2 is 0.444 bits per heavy atom. The summed E-state index contributed by atoms with van der Waals surface area (Å²) in [7, 11) is 0. The van der Waals surface area contributed by atoms with Crippen LogP contribution in [0.4, 0.5) is 0 Å². The van der Waals surface area contributed by atoms with E-state index in [0.29, 0.717) is 0 Å². The maximum Gasteiger partial charge on any atom is 1.00 e. The third-order valence-corrected chi connectivity index (χ3v) is 0. The fourth-order valence-corrected chi connectivity index (χ4v) is 0. The third-order valence-electron chi connectivity index (χ3n) is 0. The van der Waals surface area contributed by atoms with Crippen molar-refractivity contribution in [1.82, 2.24) is 0 Å². The van der Waals surface area contributed by atoms with Crippen molar-refractivity contribution in [2.24, 2.45) is 0 Å². The first-order valence-electron chi connectivity index (χ1n) is 1.30. The fourth-order valence-electron chi connectivity index (χ4n) is 0. The molecule has 0 aromatic carbocycles. The molecule has 0 bridgehead atoms. The van der Waals surface area contributed by atoms with Gasteiger partial charge in [-0.3, -0.25) is 0 Å². The van der Waals surface area contributed by atoms with Crippen molar-refractivity contribution in [3.63, 3.8) is 0 Å². The molecule has 0 aromatic rings.